The van der Waals surface area contributed by atoms with Crippen molar-refractivity contribution in [1.82, 2.24) is 0 Å². The zero-order valence-corrected chi connectivity index (χ0v) is 15.7. The molecule has 0 N–H and O–H groups in total. The lowest BCUT2D eigenvalue weighted by Gasteiger charge is -2.24. The number of hydrogen-bond acceptors (Lipinski definition) is 2. The average molecular weight is 368 g/mol. The number of halogens is 3. The third kappa shape index (κ3) is 4.91. The van der Waals surface area contributed by atoms with Crippen LogP contribution in [0.4, 0.5) is 13.2 Å². The Kier molecular flexibility index (Phi) is 7.76. The van der Waals surface area contributed by atoms with Gasteiger partial charge in [-0.3, -0.25) is 0 Å². The van der Waals surface area contributed by atoms with E-state index in [0.29, 0.717) is 13.0 Å². The Balaban J connectivity index is 2.14. The molecule has 2 nitrogen and oxygen atoms in total. The first-order chi connectivity index (χ1) is 12.5. The highest BCUT2D eigenvalue weighted by Gasteiger charge is 2.23. The van der Waals surface area contributed by atoms with Crippen molar-refractivity contribution in [3.8, 4) is 5.75 Å². The summed E-state index contributed by atoms with van der Waals surface area (Å²) in [6, 6.07) is 2.45. The van der Waals surface area contributed by atoms with E-state index in [1.165, 1.54) is 24.1 Å². The van der Waals surface area contributed by atoms with Gasteiger partial charge in [0.25, 0.3) is 0 Å². The van der Waals surface area contributed by atoms with Gasteiger partial charge in [-0.15, -0.1) is 0 Å². The van der Waals surface area contributed by atoms with Crippen molar-refractivity contribution in [2.24, 2.45) is 0 Å². The topological polar surface area (TPSA) is 18.5 Å². The zero-order valence-electron chi connectivity index (χ0n) is 15.7. The van der Waals surface area contributed by atoms with Gasteiger partial charge in [0.15, 0.2) is 11.6 Å². The molecular weight excluding hydrogens is 341 g/mol. The van der Waals surface area contributed by atoms with Gasteiger partial charge in [0.05, 0.1) is 19.3 Å². The van der Waals surface area contributed by atoms with Crippen molar-refractivity contribution < 1.29 is 22.6 Å². The summed E-state index contributed by atoms with van der Waals surface area (Å²) >= 11 is 0. The van der Waals surface area contributed by atoms with Crippen LogP contribution in [0.15, 0.2) is 29.4 Å². The molecule has 144 valence electrons. The summed E-state index contributed by atoms with van der Waals surface area (Å²) in [5, 5.41) is 0. The number of ether oxygens (including phenoxy) is 2. The first-order valence-corrected chi connectivity index (χ1v) is 9.26. The first-order valence-electron chi connectivity index (χ1n) is 9.26. The number of hydrogen-bond donors (Lipinski definition) is 0. The van der Waals surface area contributed by atoms with Crippen LogP contribution in [0.5, 0.6) is 5.75 Å². The Bertz CT molecular complexity index is 680. The van der Waals surface area contributed by atoms with Crippen LogP contribution in [0.1, 0.15) is 58.4 Å². The molecule has 0 spiro atoms. The molecule has 0 fully saturated rings. The van der Waals surface area contributed by atoms with Crippen molar-refractivity contribution in [3.05, 3.63) is 46.6 Å². The molecule has 1 aliphatic heterocycles. The van der Waals surface area contributed by atoms with Crippen LogP contribution in [-0.4, -0.2) is 19.3 Å². The van der Waals surface area contributed by atoms with E-state index in [2.05, 4.69) is 13.0 Å². The maximum Gasteiger partial charge on any atom is 0.201 e. The second-order valence-electron chi connectivity index (χ2n) is 6.52. The Hall–Kier alpha value is -1.75. The highest BCUT2D eigenvalue weighted by atomic mass is 19.2. The van der Waals surface area contributed by atoms with Gasteiger partial charge in [-0.25, -0.2) is 8.78 Å². The minimum atomic E-state index is -1.24. The highest BCUT2D eigenvalue weighted by molar-refractivity contribution is 5.64. The molecule has 1 atom stereocenters. The second-order valence-corrected chi connectivity index (χ2v) is 6.52. The molecule has 1 aromatic carbocycles. The second kappa shape index (κ2) is 9.81. The molecule has 1 aromatic rings. The van der Waals surface area contributed by atoms with Gasteiger partial charge >= 0.3 is 0 Å². The van der Waals surface area contributed by atoms with Crippen LogP contribution in [-0.2, 0) is 4.74 Å². The maximum absolute atomic E-state index is 14.7. The molecule has 1 heterocycles. The van der Waals surface area contributed by atoms with E-state index in [0.717, 1.165) is 19.3 Å². The van der Waals surface area contributed by atoms with E-state index in [-0.39, 0.29) is 17.9 Å². The third-order valence-corrected chi connectivity index (χ3v) is 4.60. The molecule has 2 rings (SSSR count). The quantitative estimate of drug-likeness (QED) is 0.393. The summed E-state index contributed by atoms with van der Waals surface area (Å²) in [5.41, 5.74) is 1.10. The summed E-state index contributed by atoms with van der Waals surface area (Å²) in [5.74, 6) is -3.40. The van der Waals surface area contributed by atoms with Crippen LogP contribution < -0.4 is 4.74 Å². The standard InChI is InChI=1S/C21H27F3O2/c1-4-6-7-8-15-9-11-17(26-13-15)14(3)19(22)16-10-12-18(25-5-2)21(24)20(16)23/h9-10,12,17H,4-8,11,13H2,1-3H3/b19-14-. The lowest BCUT2D eigenvalue weighted by Crippen LogP contribution is -2.20. The van der Waals surface area contributed by atoms with Crippen molar-refractivity contribution >= 4 is 5.83 Å². The van der Waals surface area contributed by atoms with E-state index >= 15 is 0 Å². The van der Waals surface area contributed by atoms with Crippen LogP contribution in [0.25, 0.3) is 5.83 Å². The number of unbranched alkanes of at least 4 members (excludes halogenated alkanes) is 2. The monoisotopic (exact) mass is 368 g/mol. The zero-order chi connectivity index (χ0) is 19.1. The molecule has 0 radical (unpaired) electrons. The molecular formula is C21H27F3O2. The molecule has 0 amide bonds. The molecule has 0 saturated carbocycles. The summed E-state index contributed by atoms with van der Waals surface area (Å²) in [6.45, 7) is 6.04. The lowest BCUT2D eigenvalue weighted by atomic mass is 9.98. The van der Waals surface area contributed by atoms with Gasteiger partial charge in [0, 0.05) is 5.56 Å². The molecule has 1 aliphatic rings. The highest BCUT2D eigenvalue weighted by Crippen LogP contribution is 2.32. The minimum Gasteiger partial charge on any atom is -0.491 e. The average Bonchev–Trinajstić information content (AvgIpc) is 2.65. The van der Waals surface area contributed by atoms with E-state index < -0.39 is 29.1 Å². The normalized spacial score (nSPS) is 18.4. The third-order valence-electron chi connectivity index (χ3n) is 4.60. The van der Waals surface area contributed by atoms with Crippen molar-refractivity contribution in [2.45, 2.75) is 59.0 Å². The van der Waals surface area contributed by atoms with Crippen LogP contribution in [0, 0.1) is 11.6 Å². The van der Waals surface area contributed by atoms with Gasteiger partial charge < -0.3 is 9.47 Å². The Morgan fingerprint density at radius 2 is 1.96 bits per heavy atom. The molecule has 0 aromatic heterocycles. The summed E-state index contributed by atoms with van der Waals surface area (Å²) in [7, 11) is 0. The van der Waals surface area contributed by atoms with Gasteiger partial charge in [0.1, 0.15) is 5.83 Å². The van der Waals surface area contributed by atoms with Gasteiger partial charge in [-0.05, 0) is 56.4 Å². The van der Waals surface area contributed by atoms with Crippen molar-refractivity contribution in [2.75, 3.05) is 13.2 Å². The fourth-order valence-electron chi connectivity index (χ4n) is 3.01. The SMILES string of the molecule is CCCCCC1=CCC(/C(C)=C(\F)c2ccc(OCC)c(F)c2F)OC1. The molecule has 5 heteroatoms. The molecule has 0 aliphatic carbocycles. The maximum atomic E-state index is 14.7. The summed E-state index contributed by atoms with van der Waals surface area (Å²) in [4.78, 5) is 0. The molecule has 1 unspecified atom stereocenters. The first kappa shape index (κ1) is 20.6. The Morgan fingerprint density at radius 1 is 1.19 bits per heavy atom. The summed E-state index contributed by atoms with van der Waals surface area (Å²) in [6.07, 6.45) is 6.61. The predicted octanol–water partition coefficient (Wildman–Crippen LogP) is 6.36. The van der Waals surface area contributed by atoms with E-state index in [4.69, 9.17) is 9.47 Å². The van der Waals surface area contributed by atoms with Crippen LogP contribution >= 0.6 is 0 Å². The smallest absolute Gasteiger partial charge is 0.201 e. The van der Waals surface area contributed by atoms with E-state index in [9.17, 15) is 13.2 Å². The number of rotatable bonds is 8. The fraction of sp³-hybridized carbons (Fsp3) is 0.524. The molecule has 0 saturated heterocycles. The van der Waals surface area contributed by atoms with Crippen LogP contribution in [0.3, 0.4) is 0 Å². The van der Waals surface area contributed by atoms with Crippen LogP contribution in [0.2, 0.25) is 0 Å². The van der Waals surface area contributed by atoms with Crippen molar-refractivity contribution in [1.29, 1.82) is 0 Å². The Morgan fingerprint density at radius 3 is 2.58 bits per heavy atom. The van der Waals surface area contributed by atoms with Crippen molar-refractivity contribution in [3.63, 3.8) is 0 Å². The molecule has 0 bridgehead atoms. The minimum absolute atomic E-state index is 0.204. The molecule has 26 heavy (non-hydrogen) atoms. The summed E-state index contributed by atoms with van der Waals surface area (Å²) < 4.78 is 53.7. The van der Waals surface area contributed by atoms with E-state index in [1.807, 2.05) is 0 Å². The predicted molar refractivity (Wildman–Crippen MR) is 97.8 cm³/mol. The fourth-order valence-corrected chi connectivity index (χ4v) is 3.01. The largest absolute Gasteiger partial charge is 0.491 e. The Labute approximate surface area is 153 Å². The van der Waals surface area contributed by atoms with Gasteiger partial charge in [0.2, 0.25) is 5.82 Å². The van der Waals surface area contributed by atoms with Gasteiger partial charge in [-0.1, -0.05) is 25.8 Å². The lowest BCUT2D eigenvalue weighted by molar-refractivity contribution is 0.0852. The van der Waals surface area contributed by atoms with E-state index in [1.54, 1.807) is 13.8 Å². The number of benzene rings is 1. The van der Waals surface area contributed by atoms with Gasteiger partial charge in [-0.2, -0.15) is 4.39 Å².